The highest BCUT2D eigenvalue weighted by Crippen LogP contribution is 2.15. The molecule has 0 saturated heterocycles. The van der Waals surface area contributed by atoms with Crippen molar-refractivity contribution in [2.45, 2.75) is 12.8 Å². The van der Waals surface area contributed by atoms with Gasteiger partial charge in [-0.1, -0.05) is 6.07 Å². The third kappa shape index (κ3) is 1.83. The molecular formula is C9H8ClFN4. The molecule has 6 heteroatoms. The number of hydrogen-bond donors (Lipinski definition) is 0. The van der Waals surface area contributed by atoms with E-state index in [0.29, 0.717) is 11.5 Å². The fourth-order valence-corrected chi connectivity index (χ4v) is 1.43. The fourth-order valence-electron chi connectivity index (χ4n) is 1.26. The van der Waals surface area contributed by atoms with Crippen LogP contribution in [0, 0.1) is 12.7 Å². The van der Waals surface area contributed by atoms with E-state index in [1.165, 1.54) is 10.7 Å². The largest absolute Gasteiger partial charge is 0.205 e. The van der Waals surface area contributed by atoms with Gasteiger partial charge >= 0.3 is 0 Å². The predicted molar refractivity (Wildman–Crippen MR) is 53.4 cm³/mol. The van der Waals surface area contributed by atoms with E-state index in [1.807, 2.05) is 6.92 Å². The molecule has 1 aromatic carbocycles. The maximum absolute atomic E-state index is 13.5. The fraction of sp³-hybridized carbons (Fsp3) is 0.222. The Labute approximate surface area is 90.7 Å². The van der Waals surface area contributed by atoms with Gasteiger partial charge < -0.3 is 0 Å². The maximum Gasteiger partial charge on any atom is 0.171 e. The van der Waals surface area contributed by atoms with Gasteiger partial charge in [0.1, 0.15) is 11.5 Å². The van der Waals surface area contributed by atoms with Crippen molar-refractivity contribution in [3.63, 3.8) is 0 Å². The van der Waals surface area contributed by atoms with Crippen LogP contribution < -0.4 is 0 Å². The number of nitrogens with zero attached hydrogens (tertiary/aromatic N) is 4. The minimum Gasteiger partial charge on any atom is -0.205 e. The number of tetrazole rings is 1. The van der Waals surface area contributed by atoms with Gasteiger partial charge in [-0.15, -0.1) is 16.7 Å². The van der Waals surface area contributed by atoms with Crippen molar-refractivity contribution in [2.75, 3.05) is 0 Å². The standard InChI is InChI=1S/C9H8ClFN4/c1-6-2-3-7(11)8(4-6)15-9(5-10)12-13-14-15/h2-4H,5H2,1H3. The Balaban J connectivity index is 2.58. The predicted octanol–water partition coefficient (Wildman–Crippen LogP) is 1.85. The Morgan fingerprint density at radius 3 is 3.00 bits per heavy atom. The molecule has 0 unspecified atom stereocenters. The zero-order valence-electron chi connectivity index (χ0n) is 7.98. The first kappa shape index (κ1) is 10.0. The molecule has 0 aliphatic heterocycles. The minimum atomic E-state index is -0.376. The van der Waals surface area contributed by atoms with Crippen LogP contribution in [0.1, 0.15) is 11.4 Å². The van der Waals surface area contributed by atoms with Crippen LogP contribution in [-0.2, 0) is 5.88 Å². The van der Waals surface area contributed by atoms with Gasteiger partial charge in [-0.2, -0.15) is 4.68 Å². The van der Waals surface area contributed by atoms with Crippen LogP contribution in [-0.4, -0.2) is 20.2 Å². The van der Waals surface area contributed by atoms with Gasteiger partial charge in [-0.25, -0.2) is 4.39 Å². The van der Waals surface area contributed by atoms with Gasteiger partial charge in [-0.05, 0) is 35.0 Å². The van der Waals surface area contributed by atoms with Gasteiger partial charge in [0.25, 0.3) is 0 Å². The number of aryl methyl sites for hydroxylation is 1. The smallest absolute Gasteiger partial charge is 0.171 e. The Morgan fingerprint density at radius 2 is 2.27 bits per heavy atom. The molecule has 1 aromatic heterocycles. The van der Waals surface area contributed by atoms with Crippen LogP contribution in [0.3, 0.4) is 0 Å². The van der Waals surface area contributed by atoms with E-state index in [2.05, 4.69) is 15.5 Å². The number of halogens is 2. The van der Waals surface area contributed by atoms with Crippen molar-refractivity contribution in [1.29, 1.82) is 0 Å². The maximum atomic E-state index is 13.5. The van der Waals surface area contributed by atoms with E-state index in [9.17, 15) is 4.39 Å². The van der Waals surface area contributed by atoms with Crippen LogP contribution in [0.15, 0.2) is 18.2 Å². The minimum absolute atomic E-state index is 0.139. The molecule has 0 aliphatic rings. The zero-order valence-corrected chi connectivity index (χ0v) is 8.74. The lowest BCUT2D eigenvalue weighted by molar-refractivity contribution is 0.603. The average molecular weight is 227 g/mol. The van der Waals surface area contributed by atoms with Crippen molar-refractivity contribution in [3.8, 4) is 5.69 Å². The van der Waals surface area contributed by atoms with Crippen LogP contribution in [0.5, 0.6) is 0 Å². The van der Waals surface area contributed by atoms with Gasteiger partial charge in [0, 0.05) is 0 Å². The van der Waals surface area contributed by atoms with E-state index in [0.717, 1.165) is 5.56 Å². The normalized spacial score (nSPS) is 10.6. The summed E-state index contributed by atoms with van der Waals surface area (Å²) in [6, 6.07) is 4.73. The second kappa shape index (κ2) is 3.94. The molecule has 0 bridgehead atoms. The van der Waals surface area contributed by atoms with E-state index in [4.69, 9.17) is 11.6 Å². The van der Waals surface area contributed by atoms with E-state index in [-0.39, 0.29) is 11.7 Å². The van der Waals surface area contributed by atoms with Gasteiger partial charge in [0.15, 0.2) is 5.82 Å². The summed E-state index contributed by atoms with van der Waals surface area (Å²) in [6.07, 6.45) is 0. The average Bonchev–Trinajstić information content (AvgIpc) is 2.69. The molecule has 0 aliphatic carbocycles. The highest BCUT2D eigenvalue weighted by atomic mass is 35.5. The summed E-state index contributed by atoms with van der Waals surface area (Å²) in [5.74, 6) is 0.181. The molecule has 0 radical (unpaired) electrons. The summed E-state index contributed by atoms with van der Waals surface area (Å²) in [4.78, 5) is 0. The second-order valence-corrected chi connectivity index (χ2v) is 3.36. The molecule has 0 saturated carbocycles. The Hall–Kier alpha value is -1.49. The SMILES string of the molecule is Cc1ccc(F)c(-n2nnnc2CCl)c1. The molecular weight excluding hydrogens is 219 g/mol. The molecule has 0 atom stereocenters. The second-order valence-electron chi connectivity index (χ2n) is 3.10. The highest BCUT2D eigenvalue weighted by molar-refractivity contribution is 6.16. The first-order valence-electron chi connectivity index (χ1n) is 4.32. The topological polar surface area (TPSA) is 43.6 Å². The summed E-state index contributed by atoms with van der Waals surface area (Å²) < 4.78 is 14.8. The first-order chi connectivity index (χ1) is 7.22. The number of alkyl halides is 1. The lowest BCUT2D eigenvalue weighted by Gasteiger charge is -2.04. The highest BCUT2D eigenvalue weighted by Gasteiger charge is 2.11. The summed E-state index contributed by atoms with van der Waals surface area (Å²) in [5, 5.41) is 10.8. The molecule has 15 heavy (non-hydrogen) atoms. The molecule has 1 heterocycles. The van der Waals surface area contributed by atoms with Crippen molar-refractivity contribution >= 4 is 11.6 Å². The van der Waals surface area contributed by atoms with Crippen molar-refractivity contribution in [2.24, 2.45) is 0 Å². The lowest BCUT2D eigenvalue weighted by Crippen LogP contribution is -2.04. The Kier molecular flexibility index (Phi) is 2.64. The Bertz CT molecular complexity index is 483. The summed E-state index contributed by atoms with van der Waals surface area (Å²) in [7, 11) is 0. The molecule has 4 nitrogen and oxygen atoms in total. The first-order valence-corrected chi connectivity index (χ1v) is 4.85. The molecule has 2 rings (SSSR count). The van der Waals surface area contributed by atoms with E-state index in [1.54, 1.807) is 12.1 Å². The third-order valence-corrected chi connectivity index (χ3v) is 2.22. The van der Waals surface area contributed by atoms with Crippen molar-refractivity contribution in [3.05, 3.63) is 35.4 Å². The van der Waals surface area contributed by atoms with Crippen molar-refractivity contribution < 1.29 is 4.39 Å². The Morgan fingerprint density at radius 1 is 1.47 bits per heavy atom. The molecule has 2 aromatic rings. The summed E-state index contributed by atoms with van der Waals surface area (Å²) >= 11 is 5.63. The number of hydrogen-bond acceptors (Lipinski definition) is 3. The number of rotatable bonds is 2. The molecule has 0 fully saturated rings. The van der Waals surface area contributed by atoms with Crippen molar-refractivity contribution in [1.82, 2.24) is 20.2 Å². The third-order valence-electron chi connectivity index (χ3n) is 1.98. The number of aromatic nitrogens is 4. The monoisotopic (exact) mass is 226 g/mol. The summed E-state index contributed by atoms with van der Waals surface area (Å²) in [5.41, 5.74) is 1.25. The van der Waals surface area contributed by atoms with Gasteiger partial charge in [0.05, 0.1) is 5.88 Å². The van der Waals surface area contributed by atoms with E-state index >= 15 is 0 Å². The molecule has 0 spiro atoms. The number of benzene rings is 1. The van der Waals surface area contributed by atoms with E-state index < -0.39 is 0 Å². The molecule has 0 N–H and O–H groups in total. The molecule has 0 amide bonds. The molecule has 78 valence electrons. The van der Waals surface area contributed by atoms with Crippen LogP contribution in [0.4, 0.5) is 4.39 Å². The lowest BCUT2D eigenvalue weighted by atomic mass is 10.2. The van der Waals surface area contributed by atoms with Crippen LogP contribution >= 0.6 is 11.6 Å². The summed E-state index contributed by atoms with van der Waals surface area (Å²) in [6.45, 7) is 1.87. The van der Waals surface area contributed by atoms with Gasteiger partial charge in [0.2, 0.25) is 0 Å². The zero-order chi connectivity index (χ0) is 10.8. The quantitative estimate of drug-likeness (QED) is 0.734. The van der Waals surface area contributed by atoms with Gasteiger partial charge in [-0.3, -0.25) is 0 Å². The van der Waals surface area contributed by atoms with Crippen LogP contribution in [0.25, 0.3) is 5.69 Å². The van der Waals surface area contributed by atoms with Crippen LogP contribution in [0.2, 0.25) is 0 Å².